The Bertz CT molecular complexity index is 186. The largest absolute Gasteiger partial charge is 0.375 e. The van der Waals surface area contributed by atoms with Crippen LogP contribution < -0.4 is 0 Å². The van der Waals surface area contributed by atoms with Gasteiger partial charge in [0.05, 0.1) is 32.3 Å². The van der Waals surface area contributed by atoms with Gasteiger partial charge in [0.15, 0.2) is 0 Å². The van der Waals surface area contributed by atoms with E-state index in [0.29, 0.717) is 5.60 Å². The number of ether oxygens (including phenoxy) is 1. The van der Waals surface area contributed by atoms with E-state index in [0.717, 1.165) is 6.61 Å². The van der Waals surface area contributed by atoms with E-state index >= 15 is 0 Å². The normalized spacial score (nSPS) is 44.1. The van der Waals surface area contributed by atoms with Gasteiger partial charge in [-0.15, -0.1) is 0 Å². The van der Waals surface area contributed by atoms with Crippen LogP contribution in [0.3, 0.4) is 0 Å². The summed E-state index contributed by atoms with van der Waals surface area (Å²) < 4.78 is 7.29. The Kier molecular flexibility index (Phi) is 2.85. The summed E-state index contributed by atoms with van der Waals surface area (Å²) in [4.78, 5) is 0. The fourth-order valence-electron chi connectivity index (χ4n) is 2.80. The molecule has 0 radical (unpaired) electrons. The van der Waals surface area contributed by atoms with Gasteiger partial charge in [-0.1, -0.05) is 0 Å². The Morgan fingerprint density at radius 1 is 1.14 bits per heavy atom. The van der Waals surface area contributed by atoms with Crippen LogP contribution in [0.1, 0.15) is 39.0 Å². The van der Waals surface area contributed by atoms with Gasteiger partial charge in [0.2, 0.25) is 0 Å². The van der Waals surface area contributed by atoms with Crippen LogP contribution in [-0.2, 0) is 4.74 Å². The predicted octanol–water partition coefficient (Wildman–Crippen LogP) is 2.19. The molecule has 0 aromatic rings. The Labute approximate surface area is 87.8 Å². The zero-order valence-electron chi connectivity index (χ0n) is 9.72. The summed E-state index contributed by atoms with van der Waals surface area (Å²) in [5, 5.41) is 0. The van der Waals surface area contributed by atoms with Crippen LogP contribution >= 0.6 is 0 Å². The second-order valence-corrected chi connectivity index (χ2v) is 5.37. The predicted molar refractivity (Wildman–Crippen MR) is 58.2 cm³/mol. The minimum Gasteiger partial charge on any atom is -0.375 e. The summed E-state index contributed by atoms with van der Waals surface area (Å²) >= 11 is 0. The van der Waals surface area contributed by atoms with Crippen molar-refractivity contribution in [3.05, 3.63) is 0 Å². The first-order valence-electron chi connectivity index (χ1n) is 6.16. The van der Waals surface area contributed by atoms with E-state index in [1.165, 1.54) is 56.2 Å². The lowest BCUT2D eigenvalue weighted by atomic mass is 9.84. The van der Waals surface area contributed by atoms with E-state index in [4.69, 9.17) is 4.74 Å². The fraction of sp³-hybridized carbons (Fsp3) is 1.00. The van der Waals surface area contributed by atoms with Gasteiger partial charge >= 0.3 is 0 Å². The fourth-order valence-corrected chi connectivity index (χ4v) is 2.80. The maximum Gasteiger partial charge on any atom is 0.0812 e. The lowest BCUT2D eigenvalue weighted by Gasteiger charge is -2.47. The molecule has 14 heavy (non-hydrogen) atoms. The minimum absolute atomic E-state index is 0.297. The molecule has 0 atom stereocenters. The summed E-state index contributed by atoms with van der Waals surface area (Å²) in [5.74, 6) is 0. The Balaban J connectivity index is 1.93. The number of quaternary nitrogens is 1. The van der Waals surface area contributed by atoms with Crippen molar-refractivity contribution < 1.29 is 9.22 Å². The molecular weight excluding hydrogens is 174 g/mol. The Morgan fingerprint density at radius 2 is 1.86 bits per heavy atom. The number of hydrogen-bond acceptors (Lipinski definition) is 1. The first kappa shape index (κ1) is 10.4. The van der Waals surface area contributed by atoms with Gasteiger partial charge in [0, 0.05) is 19.4 Å². The number of piperidine rings is 1. The van der Waals surface area contributed by atoms with Crippen molar-refractivity contribution in [3.63, 3.8) is 0 Å². The van der Waals surface area contributed by atoms with Crippen molar-refractivity contribution in [1.29, 1.82) is 0 Å². The average molecular weight is 198 g/mol. The minimum atomic E-state index is 0.297. The number of hydrogen-bond donors (Lipinski definition) is 0. The van der Waals surface area contributed by atoms with Gasteiger partial charge in [0.25, 0.3) is 0 Å². The van der Waals surface area contributed by atoms with Gasteiger partial charge in [-0.25, -0.2) is 0 Å². The van der Waals surface area contributed by atoms with Crippen LogP contribution in [0.5, 0.6) is 0 Å². The monoisotopic (exact) mass is 198 g/mol. The van der Waals surface area contributed by atoms with E-state index < -0.39 is 0 Å². The first-order chi connectivity index (χ1) is 6.68. The third-order valence-corrected chi connectivity index (χ3v) is 4.41. The summed E-state index contributed by atoms with van der Waals surface area (Å²) in [6.45, 7) is 7.22. The smallest absolute Gasteiger partial charge is 0.0812 e. The quantitative estimate of drug-likeness (QED) is 0.587. The third kappa shape index (κ3) is 1.96. The van der Waals surface area contributed by atoms with E-state index in [-0.39, 0.29) is 0 Å². The third-order valence-electron chi connectivity index (χ3n) is 4.41. The molecule has 2 saturated heterocycles. The molecule has 0 saturated carbocycles. The molecule has 2 fully saturated rings. The van der Waals surface area contributed by atoms with E-state index in [9.17, 15) is 0 Å². The lowest BCUT2D eigenvalue weighted by molar-refractivity contribution is -0.914. The molecule has 2 aliphatic heterocycles. The van der Waals surface area contributed by atoms with Crippen molar-refractivity contribution in [2.24, 2.45) is 0 Å². The molecule has 1 spiro atoms. The number of likely N-dealkylation sites (tertiary alicyclic amines) is 1. The molecule has 0 aromatic heterocycles. The van der Waals surface area contributed by atoms with Crippen LogP contribution in [0, 0.1) is 0 Å². The summed E-state index contributed by atoms with van der Waals surface area (Å²) in [6, 6.07) is 0. The van der Waals surface area contributed by atoms with Crippen molar-refractivity contribution in [2.75, 3.05) is 33.3 Å². The number of nitrogens with zero attached hydrogens (tertiary/aromatic N) is 1. The SMILES string of the molecule is CC[N+]1(C)CCC2(CCCCO2)CC1. The molecule has 2 rings (SSSR count). The maximum absolute atomic E-state index is 6.03. The van der Waals surface area contributed by atoms with Crippen molar-refractivity contribution in [1.82, 2.24) is 0 Å². The van der Waals surface area contributed by atoms with Gasteiger partial charge in [-0.05, 0) is 26.2 Å². The molecule has 0 aliphatic carbocycles. The highest BCUT2D eigenvalue weighted by Gasteiger charge is 2.41. The highest BCUT2D eigenvalue weighted by molar-refractivity contribution is 4.85. The van der Waals surface area contributed by atoms with Gasteiger partial charge in [-0.3, -0.25) is 0 Å². The topological polar surface area (TPSA) is 9.23 Å². The van der Waals surface area contributed by atoms with Crippen LogP contribution in [0.4, 0.5) is 0 Å². The van der Waals surface area contributed by atoms with Gasteiger partial charge in [0.1, 0.15) is 0 Å². The van der Waals surface area contributed by atoms with Crippen LogP contribution in [0.2, 0.25) is 0 Å². The highest BCUT2D eigenvalue weighted by Crippen LogP contribution is 2.36. The van der Waals surface area contributed by atoms with Crippen molar-refractivity contribution in [2.45, 2.75) is 44.6 Å². The Hall–Kier alpha value is -0.0800. The highest BCUT2D eigenvalue weighted by atomic mass is 16.5. The standard InChI is InChI=1S/C12H24NO/c1-3-13(2)9-7-12(8-10-13)6-4-5-11-14-12/h3-11H2,1-2H3/q+1. The summed E-state index contributed by atoms with van der Waals surface area (Å²) in [5.41, 5.74) is 0.297. The van der Waals surface area contributed by atoms with E-state index in [1.807, 2.05) is 0 Å². The maximum atomic E-state index is 6.03. The van der Waals surface area contributed by atoms with Gasteiger partial charge < -0.3 is 9.22 Å². The molecule has 0 amide bonds. The molecular formula is C12H24NO+. The molecule has 2 heterocycles. The second kappa shape index (κ2) is 3.82. The molecule has 0 N–H and O–H groups in total. The lowest BCUT2D eigenvalue weighted by Crippen LogP contribution is -2.56. The Morgan fingerprint density at radius 3 is 2.36 bits per heavy atom. The molecule has 82 valence electrons. The number of rotatable bonds is 1. The van der Waals surface area contributed by atoms with Gasteiger partial charge in [-0.2, -0.15) is 0 Å². The molecule has 2 aliphatic rings. The summed E-state index contributed by atoms with van der Waals surface area (Å²) in [7, 11) is 2.38. The molecule has 0 unspecified atom stereocenters. The van der Waals surface area contributed by atoms with Crippen LogP contribution in [0.25, 0.3) is 0 Å². The van der Waals surface area contributed by atoms with E-state index in [2.05, 4.69) is 14.0 Å². The van der Waals surface area contributed by atoms with Crippen molar-refractivity contribution in [3.8, 4) is 0 Å². The average Bonchev–Trinajstić information content (AvgIpc) is 2.25. The van der Waals surface area contributed by atoms with Crippen molar-refractivity contribution >= 4 is 0 Å². The summed E-state index contributed by atoms with van der Waals surface area (Å²) in [6.07, 6.45) is 6.56. The first-order valence-corrected chi connectivity index (χ1v) is 6.16. The second-order valence-electron chi connectivity index (χ2n) is 5.37. The molecule has 2 heteroatoms. The van der Waals surface area contributed by atoms with Crippen LogP contribution in [0.15, 0.2) is 0 Å². The molecule has 0 bridgehead atoms. The van der Waals surface area contributed by atoms with Crippen LogP contribution in [-0.4, -0.2) is 43.4 Å². The zero-order chi connectivity index (χ0) is 10.1. The zero-order valence-corrected chi connectivity index (χ0v) is 9.72. The molecule has 0 aromatic carbocycles. The van der Waals surface area contributed by atoms with E-state index in [1.54, 1.807) is 0 Å². The molecule has 2 nitrogen and oxygen atoms in total.